The molecule has 4 nitrogen and oxygen atoms in total. The lowest BCUT2D eigenvalue weighted by molar-refractivity contribution is -0.121. The standard InChI is InChI=1S/C12H24N2O2/c1-2-16-10-4-6-12(15)14-9-7-11-5-3-8-13-11/h11,13H,2-10H2,1H3,(H,14,15). The molecule has 1 amide bonds. The van der Waals surface area contributed by atoms with Crippen LogP contribution in [0.25, 0.3) is 0 Å². The van der Waals surface area contributed by atoms with Gasteiger partial charge in [-0.25, -0.2) is 0 Å². The van der Waals surface area contributed by atoms with Gasteiger partial charge < -0.3 is 15.4 Å². The van der Waals surface area contributed by atoms with Gasteiger partial charge in [-0.05, 0) is 39.2 Å². The molecule has 1 rings (SSSR count). The molecular formula is C12H24N2O2. The van der Waals surface area contributed by atoms with Gasteiger partial charge in [-0.3, -0.25) is 4.79 Å². The smallest absolute Gasteiger partial charge is 0.220 e. The molecule has 1 aliphatic rings. The minimum absolute atomic E-state index is 0.151. The Morgan fingerprint density at radius 1 is 1.56 bits per heavy atom. The zero-order valence-corrected chi connectivity index (χ0v) is 10.3. The summed E-state index contributed by atoms with van der Waals surface area (Å²) in [6, 6.07) is 0.615. The van der Waals surface area contributed by atoms with Gasteiger partial charge in [0.2, 0.25) is 5.91 Å². The molecule has 0 aromatic carbocycles. The maximum atomic E-state index is 11.4. The van der Waals surface area contributed by atoms with E-state index in [1.165, 1.54) is 12.8 Å². The summed E-state index contributed by atoms with van der Waals surface area (Å²) >= 11 is 0. The summed E-state index contributed by atoms with van der Waals surface area (Å²) in [5.74, 6) is 0.151. The van der Waals surface area contributed by atoms with Crippen LogP contribution in [0.3, 0.4) is 0 Å². The lowest BCUT2D eigenvalue weighted by Crippen LogP contribution is -2.30. The van der Waals surface area contributed by atoms with Gasteiger partial charge in [0, 0.05) is 32.2 Å². The number of nitrogens with one attached hydrogen (secondary N) is 2. The molecule has 0 aliphatic carbocycles. The Morgan fingerprint density at radius 3 is 3.12 bits per heavy atom. The van der Waals surface area contributed by atoms with E-state index in [-0.39, 0.29) is 5.91 Å². The maximum Gasteiger partial charge on any atom is 0.220 e. The number of hydrogen-bond donors (Lipinski definition) is 2. The Balaban J connectivity index is 1.89. The highest BCUT2D eigenvalue weighted by Crippen LogP contribution is 2.07. The van der Waals surface area contributed by atoms with Crippen molar-refractivity contribution in [2.24, 2.45) is 0 Å². The van der Waals surface area contributed by atoms with Crippen molar-refractivity contribution in [2.45, 2.75) is 45.1 Å². The highest BCUT2D eigenvalue weighted by atomic mass is 16.5. The quantitative estimate of drug-likeness (QED) is 0.611. The van der Waals surface area contributed by atoms with Crippen LogP contribution in [0.4, 0.5) is 0 Å². The Hall–Kier alpha value is -0.610. The van der Waals surface area contributed by atoms with E-state index in [2.05, 4.69) is 10.6 Å². The van der Waals surface area contributed by atoms with Crippen molar-refractivity contribution < 1.29 is 9.53 Å². The largest absolute Gasteiger partial charge is 0.382 e. The molecule has 1 saturated heterocycles. The highest BCUT2D eigenvalue weighted by Gasteiger charge is 2.13. The zero-order valence-electron chi connectivity index (χ0n) is 10.3. The van der Waals surface area contributed by atoms with Crippen molar-refractivity contribution >= 4 is 5.91 Å². The van der Waals surface area contributed by atoms with Crippen molar-refractivity contribution in [3.63, 3.8) is 0 Å². The van der Waals surface area contributed by atoms with E-state index in [1.54, 1.807) is 0 Å². The van der Waals surface area contributed by atoms with Crippen molar-refractivity contribution in [3.8, 4) is 0 Å². The molecule has 0 bridgehead atoms. The second-order valence-electron chi connectivity index (χ2n) is 4.23. The predicted molar refractivity (Wildman–Crippen MR) is 64.4 cm³/mol. The van der Waals surface area contributed by atoms with Gasteiger partial charge in [-0.2, -0.15) is 0 Å². The lowest BCUT2D eigenvalue weighted by Gasteiger charge is -2.10. The number of carbonyl (C=O) groups is 1. The minimum atomic E-state index is 0.151. The molecule has 1 heterocycles. The Labute approximate surface area is 98.1 Å². The van der Waals surface area contributed by atoms with Crippen LogP contribution in [0, 0.1) is 0 Å². The Bertz CT molecular complexity index is 191. The van der Waals surface area contributed by atoms with E-state index >= 15 is 0 Å². The molecule has 4 heteroatoms. The fourth-order valence-electron chi connectivity index (χ4n) is 1.96. The number of carbonyl (C=O) groups excluding carboxylic acids is 1. The second-order valence-corrected chi connectivity index (χ2v) is 4.23. The summed E-state index contributed by atoms with van der Waals surface area (Å²) in [5, 5.41) is 6.37. The van der Waals surface area contributed by atoms with E-state index in [4.69, 9.17) is 4.74 Å². The average Bonchev–Trinajstić information content (AvgIpc) is 2.77. The van der Waals surface area contributed by atoms with Crippen LogP contribution in [0.2, 0.25) is 0 Å². The first-order chi connectivity index (χ1) is 7.83. The summed E-state index contributed by atoms with van der Waals surface area (Å²) in [6.07, 6.45) is 4.98. The fraction of sp³-hybridized carbons (Fsp3) is 0.917. The number of ether oxygens (including phenoxy) is 1. The van der Waals surface area contributed by atoms with Crippen molar-refractivity contribution in [2.75, 3.05) is 26.3 Å². The van der Waals surface area contributed by atoms with Gasteiger partial charge in [0.25, 0.3) is 0 Å². The van der Waals surface area contributed by atoms with E-state index in [0.29, 0.717) is 19.1 Å². The van der Waals surface area contributed by atoms with Gasteiger partial charge in [0.05, 0.1) is 0 Å². The van der Waals surface area contributed by atoms with Gasteiger partial charge in [0.15, 0.2) is 0 Å². The fourth-order valence-corrected chi connectivity index (χ4v) is 1.96. The molecule has 1 fully saturated rings. The van der Waals surface area contributed by atoms with Crippen molar-refractivity contribution in [1.29, 1.82) is 0 Å². The summed E-state index contributed by atoms with van der Waals surface area (Å²) in [6.45, 7) is 5.32. The zero-order chi connectivity index (χ0) is 11.6. The third-order valence-electron chi connectivity index (χ3n) is 2.87. The van der Waals surface area contributed by atoms with E-state index in [1.807, 2.05) is 6.92 Å². The van der Waals surface area contributed by atoms with Crippen LogP contribution in [0.1, 0.15) is 39.0 Å². The molecule has 2 N–H and O–H groups in total. The highest BCUT2D eigenvalue weighted by molar-refractivity contribution is 5.75. The SMILES string of the molecule is CCOCCCC(=O)NCCC1CCCN1. The topological polar surface area (TPSA) is 50.4 Å². The third-order valence-corrected chi connectivity index (χ3v) is 2.87. The van der Waals surface area contributed by atoms with Gasteiger partial charge in [-0.1, -0.05) is 0 Å². The van der Waals surface area contributed by atoms with Gasteiger partial charge in [0.1, 0.15) is 0 Å². The van der Waals surface area contributed by atoms with E-state index in [9.17, 15) is 4.79 Å². The van der Waals surface area contributed by atoms with Crippen LogP contribution in [0.15, 0.2) is 0 Å². The molecule has 1 unspecified atom stereocenters. The molecule has 0 aromatic heterocycles. The summed E-state index contributed by atoms with van der Waals surface area (Å²) < 4.78 is 5.18. The van der Waals surface area contributed by atoms with Crippen LogP contribution in [-0.4, -0.2) is 38.3 Å². The summed E-state index contributed by atoms with van der Waals surface area (Å²) in [7, 11) is 0. The van der Waals surface area contributed by atoms with Crippen molar-refractivity contribution in [1.82, 2.24) is 10.6 Å². The first kappa shape index (κ1) is 13.5. The van der Waals surface area contributed by atoms with Crippen LogP contribution in [-0.2, 0) is 9.53 Å². The molecule has 0 aromatic rings. The van der Waals surface area contributed by atoms with E-state index < -0.39 is 0 Å². The second kappa shape index (κ2) is 8.53. The van der Waals surface area contributed by atoms with Crippen LogP contribution >= 0.6 is 0 Å². The Kier molecular flexibility index (Phi) is 7.17. The van der Waals surface area contributed by atoms with Gasteiger partial charge >= 0.3 is 0 Å². The molecular weight excluding hydrogens is 204 g/mol. The molecule has 0 spiro atoms. The van der Waals surface area contributed by atoms with Crippen LogP contribution < -0.4 is 10.6 Å². The first-order valence-corrected chi connectivity index (χ1v) is 6.40. The minimum Gasteiger partial charge on any atom is -0.382 e. The molecule has 0 radical (unpaired) electrons. The average molecular weight is 228 g/mol. The molecule has 94 valence electrons. The van der Waals surface area contributed by atoms with Crippen molar-refractivity contribution in [3.05, 3.63) is 0 Å². The van der Waals surface area contributed by atoms with Crippen LogP contribution in [0.5, 0.6) is 0 Å². The maximum absolute atomic E-state index is 11.4. The number of amides is 1. The molecule has 1 atom stereocenters. The van der Waals surface area contributed by atoms with E-state index in [0.717, 1.165) is 32.5 Å². The molecule has 0 saturated carbocycles. The monoisotopic (exact) mass is 228 g/mol. The van der Waals surface area contributed by atoms with Gasteiger partial charge in [-0.15, -0.1) is 0 Å². The number of rotatable bonds is 8. The summed E-state index contributed by atoms with van der Waals surface area (Å²) in [5.41, 5.74) is 0. The third kappa shape index (κ3) is 6.08. The Morgan fingerprint density at radius 2 is 2.44 bits per heavy atom. The summed E-state index contributed by atoms with van der Waals surface area (Å²) in [4.78, 5) is 11.4. The lowest BCUT2D eigenvalue weighted by atomic mass is 10.1. The first-order valence-electron chi connectivity index (χ1n) is 6.40. The molecule has 16 heavy (non-hydrogen) atoms. The molecule has 1 aliphatic heterocycles. The normalized spacial score (nSPS) is 19.9. The predicted octanol–water partition coefficient (Wildman–Crippen LogP) is 1.06. The number of hydrogen-bond acceptors (Lipinski definition) is 3.